The third kappa shape index (κ3) is 5.38. The Morgan fingerprint density at radius 2 is 2.09 bits per heavy atom. The Kier molecular flexibility index (Phi) is 8.05. The van der Waals surface area contributed by atoms with Crippen LogP contribution in [0.4, 0.5) is 0 Å². The summed E-state index contributed by atoms with van der Waals surface area (Å²) in [7, 11) is 1.75. The number of aromatic nitrogens is 1. The molecule has 0 atom stereocenters. The molecule has 0 bridgehead atoms. The zero-order chi connectivity index (χ0) is 15.1. The highest BCUT2D eigenvalue weighted by Gasteiger charge is 2.14. The SMILES string of the molecule is CN(CCOCc1ccccc1)C(=O)c1csc(CN)n1.Cl. The van der Waals surface area contributed by atoms with Gasteiger partial charge in [0.05, 0.1) is 13.2 Å². The van der Waals surface area contributed by atoms with Gasteiger partial charge in [-0.05, 0) is 5.56 Å². The molecule has 0 saturated carbocycles. The van der Waals surface area contributed by atoms with E-state index in [0.717, 1.165) is 10.6 Å². The second-order valence-electron chi connectivity index (χ2n) is 4.60. The van der Waals surface area contributed by atoms with Gasteiger partial charge in [0.15, 0.2) is 0 Å². The Balaban J connectivity index is 0.00000242. The van der Waals surface area contributed by atoms with Gasteiger partial charge < -0.3 is 15.4 Å². The van der Waals surface area contributed by atoms with E-state index in [1.807, 2.05) is 30.3 Å². The molecule has 0 fully saturated rings. The van der Waals surface area contributed by atoms with Crippen LogP contribution in [0.5, 0.6) is 0 Å². The molecule has 1 aromatic carbocycles. The van der Waals surface area contributed by atoms with Gasteiger partial charge in [0, 0.05) is 25.5 Å². The van der Waals surface area contributed by atoms with Crippen LogP contribution in [0.1, 0.15) is 21.1 Å². The topological polar surface area (TPSA) is 68.5 Å². The number of thiazole rings is 1. The lowest BCUT2D eigenvalue weighted by Crippen LogP contribution is -2.30. The molecule has 1 amide bonds. The second kappa shape index (κ2) is 9.53. The van der Waals surface area contributed by atoms with Gasteiger partial charge in [-0.3, -0.25) is 4.79 Å². The van der Waals surface area contributed by atoms with Gasteiger partial charge >= 0.3 is 0 Å². The fourth-order valence-corrected chi connectivity index (χ4v) is 2.41. The maximum Gasteiger partial charge on any atom is 0.273 e. The van der Waals surface area contributed by atoms with Crippen molar-refractivity contribution in [2.24, 2.45) is 5.73 Å². The first-order valence-corrected chi connectivity index (χ1v) is 7.60. The van der Waals surface area contributed by atoms with E-state index in [4.69, 9.17) is 10.5 Å². The summed E-state index contributed by atoms with van der Waals surface area (Å²) in [6.07, 6.45) is 0. The summed E-state index contributed by atoms with van der Waals surface area (Å²) in [5, 5.41) is 2.51. The maximum atomic E-state index is 12.1. The van der Waals surface area contributed by atoms with E-state index in [2.05, 4.69) is 4.98 Å². The molecular formula is C15H20ClN3O2S. The minimum absolute atomic E-state index is 0. The number of hydrogen-bond donors (Lipinski definition) is 1. The summed E-state index contributed by atoms with van der Waals surface area (Å²) in [5.74, 6) is -0.103. The summed E-state index contributed by atoms with van der Waals surface area (Å²) in [4.78, 5) is 17.9. The number of likely N-dealkylation sites (N-methyl/N-ethyl adjacent to an activating group) is 1. The van der Waals surface area contributed by atoms with E-state index >= 15 is 0 Å². The normalized spacial score (nSPS) is 10.1. The number of amides is 1. The van der Waals surface area contributed by atoms with Crippen molar-refractivity contribution in [1.82, 2.24) is 9.88 Å². The molecule has 5 nitrogen and oxygen atoms in total. The molecule has 0 unspecified atom stereocenters. The first-order valence-electron chi connectivity index (χ1n) is 6.72. The van der Waals surface area contributed by atoms with Crippen LogP contribution in [0, 0.1) is 0 Å². The highest BCUT2D eigenvalue weighted by Crippen LogP contribution is 2.10. The van der Waals surface area contributed by atoms with Gasteiger partial charge in [-0.15, -0.1) is 23.7 Å². The number of benzene rings is 1. The quantitative estimate of drug-likeness (QED) is 0.785. The Hall–Kier alpha value is -1.47. The third-order valence-electron chi connectivity index (χ3n) is 2.97. The molecule has 0 spiro atoms. The lowest BCUT2D eigenvalue weighted by Gasteiger charge is -2.15. The van der Waals surface area contributed by atoms with E-state index in [0.29, 0.717) is 32.0 Å². The third-order valence-corrected chi connectivity index (χ3v) is 3.85. The smallest absolute Gasteiger partial charge is 0.273 e. The minimum atomic E-state index is -0.103. The number of halogens is 1. The fraction of sp³-hybridized carbons (Fsp3) is 0.333. The summed E-state index contributed by atoms with van der Waals surface area (Å²) in [5.41, 5.74) is 7.07. The van der Waals surface area contributed by atoms with Crippen LogP contribution in [0.25, 0.3) is 0 Å². The molecule has 0 aliphatic heterocycles. The number of carbonyl (C=O) groups is 1. The number of ether oxygens (including phenoxy) is 1. The fourth-order valence-electron chi connectivity index (χ4n) is 1.77. The number of nitrogens with zero attached hydrogens (tertiary/aromatic N) is 2. The van der Waals surface area contributed by atoms with Crippen molar-refractivity contribution >= 4 is 29.7 Å². The summed E-state index contributed by atoms with van der Waals surface area (Å²) >= 11 is 1.41. The van der Waals surface area contributed by atoms with E-state index in [-0.39, 0.29) is 18.3 Å². The zero-order valence-corrected chi connectivity index (χ0v) is 14.0. The molecule has 0 aliphatic rings. The molecule has 120 valence electrons. The molecule has 2 aromatic rings. The number of rotatable bonds is 7. The Bertz CT molecular complexity index is 577. The molecule has 0 aliphatic carbocycles. The molecule has 1 aromatic heterocycles. The van der Waals surface area contributed by atoms with Crippen molar-refractivity contribution in [2.45, 2.75) is 13.2 Å². The number of nitrogens with two attached hydrogens (primary N) is 1. The Morgan fingerprint density at radius 1 is 1.36 bits per heavy atom. The average Bonchev–Trinajstić information content (AvgIpc) is 3.00. The van der Waals surface area contributed by atoms with Gasteiger partial charge in [0.25, 0.3) is 5.91 Å². The van der Waals surface area contributed by atoms with Gasteiger partial charge in [0.1, 0.15) is 10.7 Å². The van der Waals surface area contributed by atoms with Gasteiger partial charge in [-0.25, -0.2) is 4.98 Å². The van der Waals surface area contributed by atoms with Crippen molar-refractivity contribution < 1.29 is 9.53 Å². The standard InChI is InChI=1S/C15H19N3O2S.ClH/c1-18(15(19)13-11-21-14(9-16)17-13)7-8-20-10-12-5-3-2-4-6-12;/h2-6,11H,7-10,16H2,1H3;1H. The Morgan fingerprint density at radius 3 is 2.73 bits per heavy atom. The van der Waals surface area contributed by atoms with Crippen LogP contribution in [0.15, 0.2) is 35.7 Å². The van der Waals surface area contributed by atoms with Crippen LogP contribution >= 0.6 is 23.7 Å². The first-order chi connectivity index (χ1) is 10.2. The van der Waals surface area contributed by atoms with Crippen LogP contribution in [0.2, 0.25) is 0 Å². The van der Waals surface area contributed by atoms with Crippen LogP contribution in [-0.2, 0) is 17.9 Å². The predicted octanol–water partition coefficient (Wildman–Crippen LogP) is 2.31. The largest absolute Gasteiger partial charge is 0.375 e. The molecule has 22 heavy (non-hydrogen) atoms. The van der Waals surface area contributed by atoms with Gasteiger partial charge in [-0.1, -0.05) is 30.3 Å². The van der Waals surface area contributed by atoms with E-state index in [1.165, 1.54) is 11.3 Å². The maximum absolute atomic E-state index is 12.1. The highest BCUT2D eigenvalue weighted by atomic mass is 35.5. The molecule has 2 rings (SSSR count). The lowest BCUT2D eigenvalue weighted by molar-refractivity contribution is 0.0666. The predicted molar refractivity (Wildman–Crippen MR) is 90.3 cm³/mol. The van der Waals surface area contributed by atoms with Gasteiger partial charge in [0.2, 0.25) is 0 Å². The summed E-state index contributed by atoms with van der Waals surface area (Å²) < 4.78 is 5.57. The molecule has 0 radical (unpaired) electrons. The molecular weight excluding hydrogens is 322 g/mol. The van der Waals surface area contributed by atoms with Crippen LogP contribution in [0.3, 0.4) is 0 Å². The highest BCUT2D eigenvalue weighted by molar-refractivity contribution is 7.09. The van der Waals surface area contributed by atoms with Crippen LogP contribution in [-0.4, -0.2) is 36.0 Å². The number of hydrogen-bond acceptors (Lipinski definition) is 5. The van der Waals surface area contributed by atoms with Crippen molar-refractivity contribution in [3.05, 3.63) is 52.0 Å². The van der Waals surface area contributed by atoms with Crippen molar-refractivity contribution in [1.29, 1.82) is 0 Å². The van der Waals surface area contributed by atoms with Crippen molar-refractivity contribution in [2.75, 3.05) is 20.2 Å². The monoisotopic (exact) mass is 341 g/mol. The lowest BCUT2D eigenvalue weighted by atomic mass is 10.2. The molecule has 7 heteroatoms. The molecule has 1 heterocycles. The summed E-state index contributed by atoms with van der Waals surface area (Å²) in [6.45, 7) is 1.94. The minimum Gasteiger partial charge on any atom is -0.375 e. The van der Waals surface area contributed by atoms with Gasteiger partial charge in [-0.2, -0.15) is 0 Å². The zero-order valence-electron chi connectivity index (χ0n) is 12.4. The summed E-state index contributed by atoms with van der Waals surface area (Å²) in [6, 6.07) is 9.95. The second-order valence-corrected chi connectivity index (χ2v) is 5.54. The first kappa shape index (κ1) is 18.6. The van der Waals surface area contributed by atoms with E-state index in [1.54, 1.807) is 17.3 Å². The molecule has 0 saturated heterocycles. The average molecular weight is 342 g/mol. The molecule has 2 N–H and O–H groups in total. The van der Waals surface area contributed by atoms with Crippen LogP contribution < -0.4 is 5.73 Å². The van der Waals surface area contributed by atoms with Crippen molar-refractivity contribution in [3.8, 4) is 0 Å². The van der Waals surface area contributed by atoms with Crippen molar-refractivity contribution in [3.63, 3.8) is 0 Å². The van der Waals surface area contributed by atoms with E-state index in [9.17, 15) is 4.79 Å². The number of carbonyl (C=O) groups excluding carboxylic acids is 1. The Labute approximate surface area is 140 Å². The van der Waals surface area contributed by atoms with E-state index < -0.39 is 0 Å².